The standard InChI is InChI=1S/C14H13ClFNOS/c15-10-2-1-3-11(8-10)18-6-7-19-12-4-5-14(17)13(16)9-12/h1-5,8-9H,6-7,17H2. The van der Waals surface area contributed by atoms with Gasteiger partial charge in [-0.2, -0.15) is 0 Å². The molecule has 0 radical (unpaired) electrons. The number of rotatable bonds is 5. The van der Waals surface area contributed by atoms with E-state index in [0.717, 1.165) is 16.4 Å². The van der Waals surface area contributed by atoms with Crippen LogP contribution in [-0.2, 0) is 0 Å². The first-order valence-electron chi connectivity index (χ1n) is 5.71. The van der Waals surface area contributed by atoms with Crippen LogP contribution in [0.1, 0.15) is 0 Å². The van der Waals surface area contributed by atoms with E-state index in [1.165, 1.54) is 17.8 Å². The molecule has 2 aromatic rings. The molecule has 2 rings (SSSR count). The molecule has 2 aromatic carbocycles. The smallest absolute Gasteiger partial charge is 0.147 e. The molecule has 0 saturated carbocycles. The van der Waals surface area contributed by atoms with Crippen molar-refractivity contribution < 1.29 is 9.13 Å². The Hall–Kier alpha value is -1.39. The molecule has 0 unspecified atom stereocenters. The molecule has 0 fully saturated rings. The maximum Gasteiger partial charge on any atom is 0.147 e. The van der Waals surface area contributed by atoms with Gasteiger partial charge in [0, 0.05) is 15.7 Å². The number of benzene rings is 2. The fourth-order valence-corrected chi connectivity index (χ4v) is 2.41. The molecule has 0 bridgehead atoms. The van der Waals surface area contributed by atoms with Crippen LogP contribution in [0.3, 0.4) is 0 Å². The normalized spacial score (nSPS) is 10.4. The third-order valence-electron chi connectivity index (χ3n) is 2.39. The summed E-state index contributed by atoms with van der Waals surface area (Å²) >= 11 is 7.36. The van der Waals surface area contributed by atoms with Gasteiger partial charge in [0.05, 0.1) is 12.3 Å². The molecular weight excluding hydrogens is 285 g/mol. The summed E-state index contributed by atoms with van der Waals surface area (Å²) < 4.78 is 18.8. The quantitative estimate of drug-likeness (QED) is 0.509. The van der Waals surface area contributed by atoms with Gasteiger partial charge < -0.3 is 10.5 Å². The molecule has 100 valence electrons. The molecule has 2 nitrogen and oxygen atoms in total. The van der Waals surface area contributed by atoms with E-state index < -0.39 is 0 Å². The maximum absolute atomic E-state index is 13.2. The highest BCUT2D eigenvalue weighted by Crippen LogP contribution is 2.22. The Morgan fingerprint density at radius 1 is 1.21 bits per heavy atom. The monoisotopic (exact) mass is 297 g/mol. The van der Waals surface area contributed by atoms with Crippen LogP contribution >= 0.6 is 23.4 Å². The largest absolute Gasteiger partial charge is 0.493 e. The summed E-state index contributed by atoms with van der Waals surface area (Å²) in [7, 11) is 0. The molecule has 19 heavy (non-hydrogen) atoms. The van der Waals surface area contributed by atoms with E-state index in [-0.39, 0.29) is 11.5 Å². The molecule has 2 N–H and O–H groups in total. The number of anilines is 1. The Morgan fingerprint density at radius 2 is 2.05 bits per heavy atom. The third kappa shape index (κ3) is 4.33. The average molecular weight is 298 g/mol. The summed E-state index contributed by atoms with van der Waals surface area (Å²) in [4.78, 5) is 0.835. The summed E-state index contributed by atoms with van der Waals surface area (Å²) in [6.45, 7) is 0.525. The Balaban J connectivity index is 1.79. The van der Waals surface area contributed by atoms with Crippen LogP contribution in [0.25, 0.3) is 0 Å². The van der Waals surface area contributed by atoms with Crippen LogP contribution in [0.15, 0.2) is 47.4 Å². The van der Waals surface area contributed by atoms with Gasteiger partial charge in [-0.25, -0.2) is 4.39 Å². The lowest BCUT2D eigenvalue weighted by Gasteiger charge is -2.06. The Morgan fingerprint density at radius 3 is 2.79 bits per heavy atom. The minimum atomic E-state index is -0.388. The van der Waals surface area contributed by atoms with Gasteiger partial charge in [-0.15, -0.1) is 11.8 Å². The van der Waals surface area contributed by atoms with Crippen LogP contribution in [0, 0.1) is 5.82 Å². The van der Waals surface area contributed by atoms with Crippen LogP contribution in [0.4, 0.5) is 10.1 Å². The molecule has 0 aromatic heterocycles. The zero-order valence-electron chi connectivity index (χ0n) is 10.1. The second-order valence-corrected chi connectivity index (χ2v) is 5.44. The summed E-state index contributed by atoms with van der Waals surface area (Å²) in [5.74, 6) is 1.06. The molecule has 0 saturated heterocycles. The van der Waals surface area contributed by atoms with Gasteiger partial charge >= 0.3 is 0 Å². The zero-order valence-corrected chi connectivity index (χ0v) is 11.7. The van der Waals surface area contributed by atoms with Crippen molar-refractivity contribution in [2.75, 3.05) is 18.1 Å². The molecule has 5 heteroatoms. The molecular formula is C14H13ClFNOS. The van der Waals surface area contributed by atoms with E-state index in [1.807, 2.05) is 12.1 Å². The Labute approximate surface area is 120 Å². The number of nitrogens with two attached hydrogens (primary N) is 1. The number of hydrogen-bond donors (Lipinski definition) is 1. The minimum Gasteiger partial charge on any atom is -0.493 e. The summed E-state index contributed by atoms with van der Waals surface area (Å²) in [5, 5.41) is 0.644. The second kappa shape index (κ2) is 6.68. The van der Waals surface area contributed by atoms with Gasteiger partial charge in [0.2, 0.25) is 0 Å². The van der Waals surface area contributed by atoms with Crippen LogP contribution < -0.4 is 10.5 Å². The first kappa shape index (κ1) is 14.0. The molecule has 0 atom stereocenters. The fourth-order valence-electron chi connectivity index (χ4n) is 1.47. The van der Waals surface area contributed by atoms with Crippen molar-refractivity contribution in [2.24, 2.45) is 0 Å². The Bertz CT molecular complexity index is 565. The first-order valence-corrected chi connectivity index (χ1v) is 7.08. The topological polar surface area (TPSA) is 35.2 Å². The van der Waals surface area contributed by atoms with Gasteiger partial charge in [-0.1, -0.05) is 17.7 Å². The lowest BCUT2D eigenvalue weighted by molar-refractivity contribution is 0.344. The summed E-state index contributed by atoms with van der Waals surface area (Å²) in [6, 6.07) is 12.0. The molecule has 0 aliphatic rings. The van der Waals surface area contributed by atoms with Crippen molar-refractivity contribution in [1.29, 1.82) is 0 Å². The van der Waals surface area contributed by atoms with E-state index in [9.17, 15) is 4.39 Å². The van der Waals surface area contributed by atoms with Gasteiger partial charge in [0.15, 0.2) is 0 Å². The first-order chi connectivity index (χ1) is 9.15. The zero-order chi connectivity index (χ0) is 13.7. The fraction of sp³-hybridized carbons (Fsp3) is 0.143. The van der Waals surface area contributed by atoms with Crippen molar-refractivity contribution in [2.45, 2.75) is 4.90 Å². The summed E-state index contributed by atoms with van der Waals surface area (Å²) in [5.41, 5.74) is 5.58. The number of hydrogen-bond acceptors (Lipinski definition) is 3. The molecule has 0 spiro atoms. The van der Waals surface area contributed by atoms with E-state index in [4.69, 9.17) is 22.1 Å². The average Bonchev–Trinajstić information content (AvgIpc) is 2.39. The highest BCUT2D eigenvalue weighted by Gasteiger charge is 2.01. The molecule has 0 heterocycles. The van der Waals surface area contributed by atoms with Crippen molar-refractivity contribution in [3.63, 3.8) is 0 Å². The predicted octanol–water partition coefficient (Wildman–Crippen LogP) is 4.23. The van der Waals surface area contributed by atoms with Gasteiger partial charge in [0.1, 0.15) is 11.6 Å². The highest BCUT2D eigenvalue weighted by molar-refractivity contribution is 7.99. The van der Waals surface area contributed by atoms with Crippen LogP contribution in [0.5, 0.6) is 5.75 Å². The third-order valence-corrected chi connectivity index (χ3v) is 3.58. The van der Waals surface area contributed by atoms with Gasteiger partial charge in [-0.05, 0) is 36.4 Å². The minimum absolute atomic E-state index is 0.166. The van der Waals surface area contributed by atoms with Gasteiger partial charge in [-0.3, -0.25) is 0 Å². The second-order valence-electron chi connectivity index (χ2n) is 3.84. The van der Waals surface area contributed by atoms with Gasteiger partial charge in [0.25, 0.3) is 0 Å². The van der Waals surface area contributed by atoms with E-state index in [2.05, 4.69) is 0 Å². The summed E-state index contributed by atoms with van der Waals surface area (Å²) in [6.07, 6.45) is 0. The van der Waals surface area contributed by atoms with Crippen LogP contribution in [-0.4, -0.2) is 12.4 Å². The molecule has 0 aliphatic heterocycles. The number of halogens is 2. The maximum atomic E-state index is 13.2. The molecule has 0 aliphatic carbocycles. The number of thioether (sulfide) groups is 1. The van der Waals surface area contributed by atoms with E-state index in [1.54, 1.807) is 24.3 Å². The number of nitrogen functional groups attached to an aromatic ring is 1. The van der Waals surface area contributed by atoms with Crippen molar-refractivity contribution in [3.05, 3.63) is 53.3 Å². The predicted molar refractivity (Wildman–Crippen MR) is 78.5 cm³/mol. The van der Waals surface area contributed by atoms with Crippen molar-refractivity contribution >= 4 is 29.1 Å². The van der Waals surface area contributed by atoms with Crippen molar-refractivity contribution in [1.82, 2.24) is 0 Å². The van der Waals surface area contributed by atoms with E-state index >= 15 is 0 Å². The highest BCUT2D eigenvalue weighted by atomic mass is 35.5. The van der Waals surface area contributed by atoms with Crippen molar-refractivity contribution in [3.8, 4) is 5.75 Å². The molecule has 0 amide bonds. The van der Waals surface area contributed by atoms with Crippen LogP contribution in [0.2, 0.25) is 5.02 Å². The lowest BCUT2D eigenvalue weighted by Crippen LogP contribution is -2.00. The Kier molecular flexibility index (Phi) is 4.93. The SMILES string of the molecule is Nc1ccc(SCCOc2cccc(Cl)c2)cc1F. The van der Waals surface area contributed by atoms with E-state index in [0.29, 0.717) is 11.6 Å². The number of ether oxygens (including phenoxy) is 1. The lowest BCUT2D eigenvalue weighted by atomic mass is 10.3.